The van der Waals surface area contributed by atoms with Crippen molar-refractivity contribution in [2.24, 2.45) is 0 Å². The molecule has 1 aromatic carbocycles. The van der Waals surface area contributed by atoms with E-state index in [1.165, 1.54) is 7.11 Å². The van der Waals surface area contributed by atoms with Crippen LogP contribution in [-0.2, 0) is 17.0 Å². The minimum atomic E-state index is -0.295. The number of esters is 1. The van der Waals surface area contributed by atoms with Crippen LogP contribution in [0.1, 0.15) is 21.5 Å². The second-order valence-electron chi connectivity index (χ2n) is 4.85. The number of halogens is 1. The number of anilines is 2. The van der Waals surface area contributed by atoms with Crippen LogP contribution in [-0.4, -0.2) is 24.6 Å². The van der Waals surface area contributed by atoms with Gasteiger partial charge in [-0.1, -0.05) is 6.07 Å². The highest BCUT2D eigenvalue weighted by atomic mass is 35.5. The fraction of sp³-hybridized carbons (Fsp3) is 0.250. The van der Waals surface area contributed by atoms with E-state index in [-0.39, 0.29) is 5.97 Å². The highest BCUT2D eigenvalue weighted by Gasteiger charge is 2.26. The van der Waals surface area contributed by atoms with Crippen molar-refractivity contribution >= 4 is 29.1 Å². The Balaban J connectivity index is 2.02. The van der Waals surface area contributed by atoms with Crippen molar-refractivity contribution in [2.45, 2.75) is 12.3 Å². The van der Waals surface area contributed by atoms with Crippen LogP contribution in [0.15, 0.2) is 36.5 Å². The van der Waals surface area contributed by atoms with Crippen LogP contribution in [0.3, 0.4) is 0 Å². The molecule has 108 valence electrons. The van der Waals surface area contributed by atoms with Crippen molar-refractivity contribution in [1.82, 2.24) is 4.98 Å². The summed E-state index contributed by atoms with van der Waals surface area (Å²) in [5, 5.41) is 0. The molecule has 3 rings (SSSR count). The summed E-state index contributed by atoms with van der Waals surface area (Å²) in [5.41, 5.74) is 3.68. The van der Waals surface area contributed by atoms with Gasteiger partial charge >= 0.3 is 5.97 Å². The third-order valence-corrected chi connectivity index (χ3v) is 3.98. The molecule has 1 aliphatic heterocycles. The quantitative estimate of drug-likeness (QED) is 0.644. The smallest absolute Gasteiger partial charge is 0.338 e. The molecule has 4 nitrogen and oxygen atoms in total. The van der Waals surface area contributed by atoms with Crippen molar-refractivity contribution in [3.63, 3.8) is 0 Å². The Hall–Kier alpha value is -2.07. The van der Waals surface area contributed by atoms with Gasteiger partial charge in [0.05, 0.1) is 12.7 Å². The van der Waals surface area contributed by atoms with Gasteiger partial charge in [-0.25, -0.2) is 9.78 Å². The monoisotopic (exact) mass is 302 g/mol. The third-order valence-electron chi connectivity index (χ3n) is 3.67. The number of carbonyl (C=O) groups excluding carboxylic acids is 1. The number of hydrogen-bond donors (Lipinski definition) is 0. The Morgan fingerprint density at radius 2 is 2.29 bits per heavy atom. The lowest BCUT2D eigenvalue weighted by Gasteiger charge is -2.19. The average molecular weight is 303 g/mol. The van der Waals surface area contributed by atoms with Crippen LogP contribution < -0.4 is 4.90 Å². The number of hydrogen-bond acceptors (Lipinski definition) is 4. The Labute approximate surface area is 128 Å². The molecule has 0 fully saturated rings. The number of fused-ring (bicyclic) bond motifs is 1. The third kappa shape index (κ3) is 2.47. The molecular weight excluding hydrogens is 288 g/mol. The second kappa shape index (κ2) is 5.74. The molecule has 0 radical (unpaired) electrons. The summed E-state index contributed by atoms with van der Waals surface area (Å²) in [6, 6.07) is 9.56. The van der Waals surface area contributed by atoms with E-state index < -0.39 is 0 Å². The number of rotatable bonds is 3. The number of nitrogens with zero attached hydrogens (tertiary/aromatic N) is 2. The van der Waals surface area contributed by atoms with Gasteiger partial charge < -0.3 is 9.64 Å². The molecule has 2 aromatic rings. The molecule has 1 aliphatic rings. The Morgan fingerprint density at radius 3 is 3.05 bits per heavy atom. The summed E-state index contributed by atoms with van der Waals surface area (Å²) in [6.07, 6.45) is 2.56. The van der Waals surface area contributed by atoms with Crippen molar-refractivity contribution in [1.29, 1.82) is 0 Å². The molecule has 0 N–H and O–H groups in total. The summed E-state index contributed by atoms with van der Waals surface area (Å²) in [4.78, 5) is 18.4. The zero-order chi connectivity index (χ0) is 14.8. The lowest BCUT2D eigenvalue weighted by Crippen LogP contribution is -2.14. The molecule has 0 saturated carbocycles. The molecule has 0 bridgehead atoms. The highest BCUT2D eigenvalue weighted by molar-refractivity contribution is 6.17. The SMILES string of the molecule is COC(=O)c1cccc2c1CCN2c1cc(CCl)ccn1. The number of ether oxygens (including phenoxy) is 1. The normalized spacial score (nSPS) is 13.1. The van der Waals surface area contributed by atoms with E-state index in [2.05, 4.69) is 9.88 Å². The summed E-state index contributed by atoms with van der Waals surface area (Å²) in [7, 11) is 1.40. The average Bonchev–Trinajstić information content (AvgIpc) is 2.98. The van der Waals surface area contributed by atoms with Crippen LogP contribution in [0, 0.1) is 0 Å². The number of benzene rings is 1. The Bertz CT molecular complexity index is 688. The minimum absolute atomic E-state index is 0.295. The van der Waals surface area contributed by atoms with Crippen molar-refractivity contribution in [3.8, 4) is 0 Å². The van der Waals surface area contributed by atoms with E-state index in [4.69, 9.17) is 16.3 Å². The van der Waals surface area contributed by atoms with Gasteiger partial charge in [-0.2, -0.15) is 0 Å². The van der Waals surface area contributed by atoms with Crippen molar-refractivity contribution < 1.29 is 9.53 Å². The maximum atomic E-state index is 11.8. The first-order chi connectivity index (χ1) is 10.2. The Kier molecular flexibility index (Phi) is 3.80. The standard InChI is InChI=1S/C16H15ClN2O2/c1-21-16(20)13-3-2-4-14-12(13)6-8-19(14)15-9-11(10-17)5-7-18-15/h2-5,7,9H,6,8,10H2,1H3. The van der Waals surface area contributed by atoms with Crippen molar-refractivity contribution in [2.75, 3.05) is 18.6 Å². The zero-order valence-electron chi connectivity index (χ0n) is 11.7. The summed E-state index contributed by atoms with van der Waals surface area (Å²) in [6.45, 7) is 0.794. The van der Waals surface area contributed by atoms with Crippen LogP contribution in [0.25, 0.3) is 0 Å². The van der Waals surface area contributed by atoms with Crippen LogP contribution >= 0.6 is 11.6 Å². The van der Waals surface area contributed by atoms with Gasteiger partial charge in [-0.05, 0) is 41.8 Å². The van der Waals surface area contributed by atoms with Gasteiger partial charge in [0, 0.05) is 24.3 Å². The molecule has 0 spiro atoms. The van der Waals surface area contributed by atoms with E-state index in [1.54, 1.807) is 12.3 Å². The predicted molar refractivity (Wildman–Crippen MR) is 82.3 cm³/mol. The van der Waals surface area contributed by atoms with Crippen LogP contribution in [0.2, 0.25) is 0 Å². The largest absolute Gasteiger partial charge is 0.465 e. The van der Waals surface area contributed by atoms with Gasteiger partial charge in [0.2, 0.25) is 0 Å². The molecule has 1 aromatic heterocycles. The molecule has 0 unspecified atom stereocenters. The number of alkyl halides is 1. The molecule has 0 amide bonds. The fourth-order valence-corrected chi connectivity index (χ4v) is 2.83. The van der Waals surface area contributed by atoms with Gasteiger partial charge in [0.25, 0.3) is 0 Å². The highest BCUT2D eigenvalue weighted by Crippen LogP contribution is 2.35. The topological polar surface area (TPSA) is 42.4 Å². The number of carbonyl (C=O) groups is 1. The zero-order valence-corrected chi connectivity index (χ0v) is 12.4. The summed E-state index contributed by atoms with van der Waals surface area (Å²) < 4.78 is 4.85. The predicted octanol–water partition coefficient (Wildman–Crippen LogP) is 3.30. The van der Waals surface area contributed by atoms with Gasteiger partial charge in [0.1, 0.15) is 5.82 Å². The molecule has 5 heteroatoms. The van der Waals surface area contributed by atoms with Gasteiger partial charge in [0.15, 0.2) is 0 Å². The second-order valence-corrected chi connectivity index (χ2v) is 5.12. The van der Waals surface area contributed by atoms with E-state index >= 15 is 0 Å². The number of methoxy groups -OCH3 is 1. The van der Waals surface area contributed by atoms with E-state index in [1.807, 2.05) is 24.3 Å². The van der Waals surface area contributed by atoms with Crippen LogP contribution in [0.4, 0.5) is 11.5 Å². The summed E-state index contributed by atoms with van der Waals surface area (Å²) >= 11 is 5.88. The molecule has 0 saturated heterocycles. The first-order valence-electron chi connectivity index (χ1n) is 6.73. The molecule has 0 atom stereocenters. The first kappa shape index (κ1) is 13.9. The number of pyridine rings is 1. The minimum Gasteiger partial charge on any atom is -0.465 e. The van der Waals surface area contributed by atoms with E-state index in [0.717, 1.165) is 35.6 Å². The van der Waals surface area contributed by atoms with Gasteiger partial charge in [-0.15, -0.1) is 11.6 Å². The van der Waals surface area contributed by atoms with E-state index in [0.29, 0.717) is 11.4 Å². The fourth-order valence-electron chi connectivity index (χ4n) is 2.66. The maximum Gasteiger partial charge on any atom is 0.338 e. The molecule has 2 heterocycles. The van der Waals surface area contributed by atoms with Crippen LogP contribution in [0.5, 0.6) is 0 Å². The molecular formula is C16H15ClN2O2. The summed E-state index contributed by atoms with van der Waals surface area (Å²) in [5.74, 6) is 1.02. The van der Waals surface area contributed by atoms with Crippen molar-refractivity contribution in [3.05, 3.63) is 53.2 Å². The van der Waals surface area contributed by atoms with Gasteiger partial charge in [-0.3, -0.25) is 0 Å². The van der Waals surface area contributed by atoms with E-state index in [9.17, 15) is 4.79 Å². The molecule has 0 aliphatic carbocycles. The lowest BCUT2D eigenvalue weighted by molar-refractivity contribution is 0.0600. The lowest BCUT2D eigenvalue weighted by atomic mass is 10.1. The number of aromatic nitrogens is 1. The molecule has 21 heavy (non-hydrogen) atoms. The maximum absolute atomic E-state index is 11.8. The first-order valence-corrected chi connectivity index (χ1v) is 7.26. The Morgan fingerprint density at radius 1 is 1.43 bits per heavy atom.